The molecule has 4 fully saturated rings. The summed E-state index contributed by atoms with van der Waals surface area (Å²) in [5.41, 5.74) is 0.675. The average Bonchev–Trinajstić information content (AvgIpc) is 2.97. The van der Waals surface area contributed by atoms with Gasteiger partial charge < -0.3 is 15.5 Å². The van der Waals surface area contributed by atoms with Gasteiger partial charge >= 0.3 is 0 Å². The van der Waals surface area contributed by atoms with E-state index >= 15 is 0 Å². The Hall–Kier alpha value is -1.92. The van der Waals surface area contributed by atoms with Crippen molar-refractivity contribution in [1.82, 2.24) is 15.5 Å². The Morgan fingerprint density at radius 1 is 0.974 bits per heavy atom. The van der Waals surface area contributed by atoms with Gasteiger partial charge in [-0.3, -0.25) is 14.4 Å². The molecule has 2 aliphatic carbocycles. The number of carbonyl (C=O) groups excluding carboxylic acids is 3. The van der Waals surface area contributed by atoms with Crippen molar-refractivity contribution in [2.45, 2.75) is 102 Å². The Labute approximate surface area is 239 Å². The van der Waals surface area contributed by atoms with Crippen molar-refractivity contribution in [2.24, 2.45) is 23.2 Å². The Balaban J connectivity index is 1.27. The molecule has 6 nitrogen and oxygen atoms in total. The van der Waals surface area contributed by atoms with Gasteiger partial charge in [0.1, 0.15) is 11.8 Å². The molecule has 39 heavy (non-hydrogen) atoms. The van der Waals surface area contributed by atoms with E-state index in [2.05, 4.69) is 10.6 Å². The second kappa shape index (κ2) is 12.7. The molecule has 4 atom stereocenters. The highest BCUT2D eigenvalue weighted by Gasteiger charge is 2.46. The molecule has 2 saturated carbocycles. The summed E-state index contributed by atoms with van der Waals surface area (Å²) in [6, 6.07) is 6.64. The molecule has 2 N–H and O–H groups in total. The van der Waals surface area contributed by atoms with Gasteiger partial charge in [0, 0.05) is 29.9 Å². The van der Waals surface area contributed by atoms with E-state index in [0.717, 1.165) is 44.2 Å². The van der Waals surface area contributed by atoms with Gasteiger partial charge in [0.05, 0.1) is 6.04 Å². The van der Waals surface area contributed by atoms with E-state index in [9.17, 15) is 14.4 Å². The van der Waals surface area contributed by atoms with Crippen LogP contribution < -0.4 is 10.6 Å². The highest BCUT2D eigenvalue weighted by molar-refractivity contribution is 6.30. The van der Waals surface area contributed by atoms with Crippen molar-refractivity contribution in [2.75, 3.05) is 19.6 Å². The number of halogens is 1. The highest BCUT2D eigenvalue weighted by Crippen LogP contribution is 2.46. The maximum absolute atomic E-state index is 14.0. The topological polar surface area (TPSA) is 78.5 Å². The number of rotatable bonds is 7. The van der Waals surface area contributed by atoms with E-state index in [0.29, 0.717) is 42.3 Å². The van der Waals surface area contributed by atoms with Crippen LogP contribution in [0.2, 0.25) is 5.02 Å². The molecule has 2 saturated heterocycles. The van der Waals surface area contributed by atoms with E-state index in [-0.39, 0.29) is 29.1 Å². The number of hydrogen-bond donors (Lipinski definition) is 2. The van der Waals surface area contributed by atoms with Crippen molar-refractivity contribution in [1.29, 1.82) is 0 Å². The number of piperidine rings is 2. The van der Waals surface area contributed by atoms with Crippen LogP contribution in [0.3, 0.4) is 0 Å². The number of benzene rings is 1. The standard InChI is InChI=1S/C32H46ClN3O3/c1-22(37)32(26-9-3-2-4-10-26)15-17-36(18-16-32)31(39)29(19-23-11-13-27(33)14-12-23)35-30(38)28-20-24-7-5-6-8-25(24)21-34-28/h11-14,24-26,28-29,34H,2-10,15-21H2,1H3,(H,35,38). The second-order valence-electron chi connectivity index (χ2n) is 12.8. The van der Waals surface area contributed by atoms with Crippen LogP contribution in [0.25, 0.3) is 0 Å². The number of nitrogens with zero attached hydrogens (tertiary/aromatic N) is 1. The predicted molar refractivity (Wildman–Crippen MR) is 154 cm³/mol. The summed E-state index contributed by atoms with van der Waals surface area (Å²) >= 11 is 6.11. The molecule has 7 heteroatoms. The van der Waals surface area contributed by atoms with Crippen LogP contribution in [-0.4, -0.2) is 54.2 Å². The van der Waals surface area contributed by atoms with Crippen LogP contribution in [0.1, 0.15) is 89.5 Å². The van der Waals surface area contributed by atoms with Crippen LogP contribution in [0.15, 0.2) is 24.3 Å². The van der Waals surface area contributed by atoms with Gasteiger partial charge in [0.25, 0.3) is 0 Å². The first-order valence-corrected chi connectivity index (χ1v) is 15.8. The predicted octanol–water partition coefficient (Wildman–Crippen LogP) is 5.31. The summed E-state index contributed by atoms with van der Waals surface area (Å²) in [4.78, 5) is 42.3. The number of hydrogen-bond acceptors (Lipinski definition) is 4. The zero-order chi connectivity index (χ0) is 27.4. The molecule has 4 unspecified atom stereocenters. The molecule has 0 bridgehead atoms. The van der Waals surface area contributed by atoms with Crippen molar-refractivity contribution >= 4 is 29.2 Å². The lowest BCUT2D eigenvalue weighted by Crippen LogP contribution is -2.59. The Morgan fingerprint density at radius 2 is 1.62 bits per heavy atom. The molecule has 5 rings (SSSR count). The van der Waals surface area contributed by atoms with Crippen molar-refractivity contribution < 1.29 is 14.4 Å². The lowest BCUT2D eigenvalue weighted by Gasteiger charge is -2.47. The van der Waals surface area contributed by atoms with E-state index in [1.54, 1.807) is 6.92 Å². The van der Waals surface area contributed by atoms with Gasteiger partial charge in [0.2, 0.25) is 11.8 Å². The first kappa shape index (κ1) is 28.6. The van der Waals surface area contributed by atoms with Crippen molar-refractivity contribution in [3.63, 3.8) is 0 Å². The number of Topliss-reactive ketones (excluding diaryl/α,β-unsaturated/α-hetero) is 1. The Morgan fingerprint density at radius 3 is 2.28 bits per heavy atom. The second-order valence-corrected chi connectivity index (χ2v) is 13.2. The minimum Gasteiger partial charge on any atom is -0.343 e. The molecule has 0 radical (unpaired) electrons. The fraction of sp³-hybridized carbons (Fsp3) is 0.719. The fourth-order valence-corrected chi connectivity index (χ4v) is 8.25. The SMILES string of the molecule is CC(=O)C1(C2CCCCC2)CCN(C(=O)C(Cc2ccc(Cl)cc2)NC(=O)C2CC3CCCCC3CN2)CC1. The van der Waals surface area contributed by atoms with E-state index < -0.39 is 6.04 Å². The fourth-order valence-electron chi connectivity index (χ4n) is 8.12. The molecule has 0 aromatic heterocycles. The normalized spacial score (nSPS) is 28.3. The van der Waals surface area contributed by atoms with Gasteiger partial charge in [-0.15, -0.1) is 0 Å². The Bertz CT molecular complexity index is 1010. The summed E-state index contributed by atoms with van der Waals surface area (Å²) in [6.07, 6.45) is 13.7. The molecule has 1 aromatic rings. The molecule has 1 aromatic carbocycles. The zero-order valence-corrected chi connectivity index (χ0v) is 24.3. The quantitative estimate of drug-likeness (QED) is 0.478. The number of fused-ring (bicyclic) bond motifs is 1. The molecule has 4 aliphatic rings. The van der Waals surface area contributed by atoms with Crippen LogP contribution in [0.5, 0.6) is 0 Å². The largest absolute Gasteiger partial charge is 0.343 e. The summed E-state index contributed by atoms with van der Waals surface area (Å²) in [5, 5.41) is 7.29. The minimum absolute atomic E-state index is 0.0366. The smallest absolute Gasteiger partial charge is 0.245 e. The number of carbonyl (C=O) groups is 3. The lowest BCUT2D eigenvalue weighted by molar-refractivity contribution is -0.144. The molecule has 2 heterocycles. The maximum atomic E-state index is 14.0. The third-order valence-electron chi connectivity index (χ3n) is 10.6. The molecule has 2 amide bonds. The molecule has 2 aliphatic heterocycles. The number of nitrogens with one attached hydrogen (secondary N) is 2. The number of ketones is 1. The van der Waals surface area contributed by atoms with Gasteiger partial charge in [-0.05, 0) is 87.4 Å². The molecule has 214 valence electrons. The first-order chi connectivity index (χ1) is 18.9. The van der Waals surface area contributed by atoms with Crippen molar-refractivity contribution in [3.05, 3.63) is 34.9 Å². The summed E-state index contributed by atoms with van der Waals surface area (Å²) in [5.74, 6) is 1.90. The number of likely N-dealkylation sites (tertiary alicyclic amines) is 1. The minimum atomic E-state index is -0.635. The average molecular weight is 556 g/mol. The summed E-state index contributed by atoms with van der Waals surface area (Å²) < 4.78 is 0. The monoisotopic (exact) mass is 555 g/mol. The summed E-state index contributed by atoms with van der Waals surface area (Å²) in [6.45, 7) is 3.79. The van der Waals surface area contributed by atoms with Crippen molar-refractivity contribution in [3.8, 4) is 0 Å². The summed E-state index contributed by atoms with van der Waals surface area (Å²) in [7, 11) is 0. The molecular formula is C32H46ClN3O3. The lowest BCUT2D eigenvalue weighted by atomic mass is 9.62. The van der Waals surface area contributed by atoms with E-state index in [1.807, 2.05) is 29.2 Å². The zero-order valence-electron chi connectivity index (χ0n) is 23.6. The number of amides is 2. The van der Waals surface area contributed by atoms with Crippen LogP contribution >= 0.6 is 11.6 Å². The maximum Gasteiger partial charge on any atom is 0.245 e. The first-order valence-electron chi connectivity index (χ1n) is 15.4. The third-order valence-corrected chi connectivity index (χ3v) is 10.8. The molecule has 0 spiro atoms. The van der Waals surface area contributed by atoms with Crippen LogP contribution in [0.4, 0.5) is 0 Å². The van der Waals surface area contributed by atoms with Crippen LogP contribution in [0, 0.1) is 23.2 Å². The molecular weight excluding hydrogens is 510 g/mol. The van der Waals surface area contributed by atoms with Gasteiger partial charge in [-0.2, -0.15) is 0 Å². The Kier molecular flexibility index (Phi) is 9.33. The van der Waals surface area contributed by atoms with E-state index in [1.165, 1.54) is 44.9 Å². The third kappa shape index (κ3) is 6.53. The highest BCUT2D eigenvalue weighted by atomic mass is 35.5. The van der Waals surface area contributed by atoms with E-state index in [4.69, 9.17) is 11.6 Å². The van der Waals surface area contributed by atoms with Crippen LogP contribution in [-0.2, 0) is 20.8 Å². The van der Waals surface area contributed by atoms with Gasteiger partial charge in [-0.25, -0.2) is 0 Å². The van der Waals surface area contributed by atoms with Gasteiger partial charge in [0.15, 0.2) is 0 Å². The van der Waals surface area contributed by atoms with Gasteiger partial charge in [-0.1, -0.05) is 62.3 Å².